The summed E-state index contributed by atoms with van der Waals surface area (Å²) in [6.07, 6.45) is 2.01. The van der Waals surface area contributed by atoms with E-state index >= 15 is 0 Å². The van der Waals surface area contributed by atoms with Crippen LogP contribution in [0.15, 0.2) is 52.0 Å². The van der Waals surface area contributed by atoms with Crippen LogP contribution in [0.4, 0.5) is 0 Å². The third kappa shape index (κ3) is 3.05. The van der Waals surface area contributed by atoms with Gasteiger partial charge in [0.1, 0.15) is 10.7 Å². The van der Waals surface area contributed by atoms with Crippen molar-refractivity contribution < 1.29 is 22.4 Å². The van der Waals surface area contributed by atoms with E-state index in [0.29, 0.717) is 13.0 Å². The monoisotopic (exact) mass is 348 g/mol. The molecule has 0 aliphatic carbocycles. The van der Waals surface area contributed by atoms with E-state index in [-0.39, 0.29) is 29.3 Å². The molecule has 1 aromatic carbocycles. The minimum absolute atomic E-state index is 0.00627. The molecule has 0 saturated heterocycles. The van der Waals surface area contributed by atoms with Crippen molar-refractivity contribution in [2.45, 2.75) is 17.7 Å². The molecule has 126 valence electrons. The summed E-state index contributed by atoms with van der Waals surface area (Å²) in [5.41, 5.74) is 0.149. The van der Waals surface area contributed by atoms with Crippen LogP contribution in [0.5, 0.6) is 0 Å². The molecule has 1 N–H and O–H groups in total. The Hall–Kier alpha value is -2.61. The molecule has 2 amide bonds. The van der Waals surface area contributed by atoms with Gasteiger partial charge in [-0.2, -0.15) is 0 Å². The highest BCUT2D eigenvalue weighted by Gasteiger charge is 2.40. The molecule has 1 aliphatic rings. The number of furan rings is 1. The lowest BCUT2D eigenvalue weighted by Gasteiger charge is -2.14. The quantitative estimate of drug-likeness (QED) is 0.845. The zero-order chi connectivity index (χ0) is 17.2. The van der Waals surface area contributed by atoms with Gasteiger partial charge in [-0.25, -0.2) is 12.7 Å². The summed E-state index contributed by atoms with van der Waals surface area (Å²) in [5.74, 6) is -0.155. The minimum atomic E-state index is -3.86. The van der Waals surface area contributed by atoms with Crippen molar-refractivity contribution in [3.05, 3.63) is 54.0 Å². The first-order chi connectivity index (χ1) is 11.5. The third-order valence-corrected chi connectivity index (χ3v) is 5.57. The molecule has 0 bridgehead atoms. The Labute approximate surface area is 139 Å². The normalized spacial score (nSPS) is 15.3. The second-order valence-electron chi connectivity index (χ2n) is 5.31. The molecule has 1 aliphatic heterocycles. The number of amides is 2. The topological polar surface area (TPSA) is 96.7 Å². The fourth-order valence-electron chi connectivity index (χ4n) is 2.52. The summed E-state index contributed by atoms with van der Waals surface area (Å²) >= 11 is 0. The Morgan fingerprint density at radius 2 is 1.96 bits per heavy atom. The molecular weight excluding hydrogens is 332 g/mol. The van der Waals surface area contributed by atoms with Crippen LogP contribution in [0.2, 0.25) is 0 Å². The first-order valence-corrected chi connectivity index (χ1v) is 8.89. The number of sulfonamides is 1. The molecule has 3 rings (SSSR count). The molecule has 0 radical (unpaired) electrons. The number of carbonyl (C=O) groups is 2. The number of hydrogen-bond acceptors (Lipinski definition) is 5. The van der Waals surface area contributed by atoms with Crippen molar-refractivity contribution in [3.63, 3.8) is 0 Å². The van der Waals surface area contributed by atoms with Crippen molar-refractivity contribution in [1.82, 2.24) is 9.62 Å². The van der Waals surface area contributed by atoms with Crippen molar-refractivity contribution in [2.75, 3.05) is 13.1 Å². The van der Waals surface area contributed by atoms with Crippen LogP contribution < -0.4 is 5.32 Å². The summed E-state index contributed by atoms with van der Waals surface area (Å²) in [5, 5.41) is 2.68. The molecule has 7 nitrogen and oxygen atoms in total. The van der Waals surface area contributed by atoms with E-state index in [2.05, 4.69) is 5.32 Å². The molecule has 8 heteroatoms. The maximum atomic E-state index is 12.3. The van der Waals surface area contributed by atoms with E-state index in [9.17, 15) is 18.0 Å². The first kappa shape index (κ1) is 16.3. The van der Waals surface area contributed by atoms with Crippen molar-refractivity contribution in [3.8, 4) is 0 Å². The van der Waals surface area contributed by atoms with Gasteiger partial charge < -0.3 is 9.73 Å². The first-order valence-electron chi connectivity index (χ1n) is 7.45. The predicted molar refractivity (Wildman–Crippen MR) is 84.7 cm³/mol. The summed E-state index contributed by atoms with van der Waals surface area (Å²) in [6, 6.07) is 9.60. The number of rotatable bonds is 6. The highest BCUT2D eigenvalue weighted by Crippen LogP contribution is 2.29. The fourth-order valence-corrected chi connectivity index (χ4v) is 4.09. The largest absolute Gasteiger partial charge is 0.469 e. The number of carbonyl (C=O) groups excluding carboxylic acids is 2. The van der Waals surface area contributed by atoms with E-state index in [0.717, 1.165) is 10.1 Å². The lowest BCUT2D eigenvalue weighted by atomic mass is 10.2. The highest BCUT2D eigenvalue weighted by molar-refractivity contribution is 7.90. The number of benzene rings is 1. The van der Waals surface area contributed by atoms with E-state index in [1.165, 1.54) is 12.1 Å². The molecule has 1 aromatic heterocycles. The SMILES string of the molecule is O=C(CCN1C(=O)c2ccccc2S1(=O)=O)NCCc1ccco1. The second-order valence-corrected chi connectivity index (χ2v) is 7.14. The predicted octanol–water partition coefficient (Wildman–Crippen LogP) is 1.17. The van der Waals surface area contributed by atoms with Crippen molar-refractivity contribution in [2.24, 2.45) is 0 Å². The average molecular weight is 348 g/mol. The second kappa shape index (κ2) is 6.48. The molecular formula is C16H16N2O5S. The van der Waals surface area contributed by atoms with Gasteiger partial charge in [-0.15, -0.1) is 0 Å². The number of hydrogen-bond donors (Lipinski definition) is 1. The van der Waals surface area contributed by atoms with Gasteiger partial charge >= 0.3 is 0 Å². The molecule has 0 fully saturated rings. The Bertz CT molecular complexity index is 858. The zero-order valence-corrected chi connectivity index (χ0v) is 13.6. The van der Waals surface area contributed by atoms with Gasteiger partial charge in [0.2, 0.25) is 5.91 Å². The summed E-state index contributed by atoms with van der Waals surface area (Å²) in [4.78, 5) is 24.0. The van der Waals surface area contributed by atoms with Gasteiger partial charge in [-0.3, -0.25) is 9.59 Å². The lowest BCUT2D eigenvalue weighted by molar-refractivity contribution is -0.121. The molecule has 2 heterocycles. The minimum Gasteiger partial charge on any atom is -0.469 e. The number of nitrogens with one attached hydrogen (secondary N) is 1. The van der Waals surface area contributed by atoms with E-state index < -0.39 is 15.9 Å². The van der Waals surface area contributed by atoms with Crippen LogP contribution >= 0.6 is 0 Å². The Morgan fingerprint density at radius 3 is 2.67 bits per heavy atom. The number of fused-ring (bicyclic) bond motifs is 1. The molecule has 0 saturated carbocycles. The van der Waals surface area contributed by atoms with Gasteiger partial charge in [-0.1, -0.05) is 12.1 Å². The van der Waals surface area contributed by atoms with Crippen LogP contribution in [0.3, 0.4) is 0 Å². The van der Waals surface area contributed by atoms with Crippen LogP contribution in [0, 0.1) is 0 Å². The van der Waals surface area contributed by atoms with Crippen molar-refractivity contribution in [1.29, 1.82) is 0 Å². The van der Waals surface area contributed by atoms with Gasteiger partial charge in [0, 0.05) is 25.9 Å². The Morgan fingerprint density at radius 1 is 1.17 bits per heavy atom. The van der Waals surface area contributed by atoms with Gasteiger partial charge in [0.25, 0.3) is 15.9 Å². The van der Waals surface area contributed by atoms with Crippen LogP contribution in [0.1, 0.15) is 22.5 Å². The molecule has 0 spiro atoms. The molecule has 2 aromatic rings. The van der Waals surface area contributed by atoms with Gasteiger partial charge in [0.05, 0.1) is 11.8 Å². The molecule has 0 atom stereocenters. The maximum absolute atomic E-state index is 12.3. The van der Waals surface area contributed by atoms with Crippen LogP contribution in [-0.4, -0.2) is 37.6 Å². The smallest absolute Gasteiger partial charge is 0.269 e. The van der Waals surface area contributed by atoms with E-state index in [1.807, 2.05) is 0 Å². The van der Waals surface area contributed by atoms with E-state index in [4.69, 9.17) is 4.42 Å². The van der Waals surface area contributed by atoms with Gasteiger partial charge in [-0.05, 0) is 24.3 Å². The van der Waals surface area contributed by atoms with Crippen molar-refractivity contribution >= 4 is 21.8 Å². The number of nitrogens with zero attached hydrogens (tertiary/aromatic N) is 1. The Balaban J connectivity index is 1.55. The Kier molecular flexibility index (Phi) is 4.39. The van der Waals surface area contributed by atoms with Crippen LogP contribution in [-0.2, 0) is 21.2 Å². The highest BCUT2D eigenvalue weighted by atomic mass is 32.2. The lowest BCUT2D eigenvalue weighted by Crippen LogP contribution is -2.35. The average Bonchev–Trinajstić information content (AvgIpc) is 3.13. The molecule has 0 unspecified atom stereocenters. The zero-order valence-electron chi connectivity index (χ0n) is 12.8. The maximum Gasteiger partial charge on any atom is 0.269 e. The summed E-state index contributed by atoms with van der Waals surface area (Å²) in [7, 11) is -3.86. The van der Waals surface area contributed by atoms with Crippen LogP contribution in [0.25, 0.3) is 0 Å². The molecule has 24 heavy (non-hydrogen) atoms. The summed E-state index contributed by atoms with van der Waals surface area (Å²) in [6.45, 7) is 0.204. The third-order valence-electron chi connectivity index (χ3n) is 3.73. The standard InChI is InChI=1S/C16H16N2O5S/c19-15(17-9-7-12-4-3-11-23-12)8-10-18-16(20)13-5-1-2-6-14(13)24(18,21)22/h1-6,11H,7-10H2,(H,17,19). The summed E-state index contributed by atoms with van der Waals surface area (Å²) < 4.78 is 30.6. The van der Waals surface area contributed by atoms with Gasteiger partial charge in [0.15, 0.2) is 0 Å². The van der Waals surface area contributed by atoms with E-state index in [1.54, 1.807) is 30.5 Å². The fraction of sp³-hybridized carbons (Fsp3) is 0.250.